The van der Waals surface area contributed by atoms with E-state index in [-0.39, 0.29) is 13.0 Å². The molecule has 5 nitrogen and oxygen atoms in total. The topological polar surface area (TPSA) is 79.8 Å². The smallest absolute Gasteiger partial charge is 0.441 e. The van der Waals surface area contributed by atoms with Crippen LogP contribution in [-0.4, -0.2) is 28.9 Å². The summed E-state index contributed by atoms with van der Waals surface area (Å²) in [6.45, 7) is 1.64. The number of ketones is 1. The lowest BCUT2D eigenvalue weighted by Crippen LogP contribution is -2.28. The first-order chi connectivity index (χ1) is 8.58. The van der Waals surface area contributed by atoms with Gasteiger partial charge in [-0.3, -0.25) is 4.79 Å². The molecule has 0 heterocycles. The van der Waals surface area contributed by atoms with Crippen LogP contribution in [0.3, 0.4) is 0 Å². The number of halogens is 1. The summed E-state index contributed by atoms with van der Waals surface area (Å²) >= 11 is 0. The summed E-state index contributed by atoms with van der Waals surface area (Å²) in [4.78, 5) is 25.6. The van der Waals surface area contributed by atoms with Crippen molar-refractivity contribution in [3.8, 4) is 0 Å². The fourth-order valence-electron chi connectivity index (χ4n) is 1.28. The molecule has 0 spiro atoms. The van der Waals surface area contributed by atoms with E-state index in [2.05, 4.69) is 9.53 Å². The molecule has 0 atom stereocenters. The number of ether oxygens (including phenoxy) is 1. The highest BCUT2D eigenvalue weighted by Crippen LogP contribution is 2.04. The Labute approximate surface area is 103 Å². The third kappa shape index (κ3) is 3.61. The van der Waals surface area contributed by atoms with E-state index >= 15 is 0 Å². The van der Waals surface area contributed by atoms with E-state index in [0.717, 1.165) is 0 Å². The van der Waals surface area contributed by atoms with E-state index in [1.54, 1.807) is 6.92 Å². The SMILES string of the molecule is CCOC(=O)C(=[N+]=[N-])C(=O)Cc1ccc(F)cc1. The molecule has 0 saturated carbocycles. The molecular formula is C12H11FN2O3. The molecule has 18 heavy (non-hydrogen) atoms. The second-order valence-electron chi connectivity index (χ2n) is 3.40. The van der Waals surface area contributed by atoms with Gasteiger partial charge in [-0.05, 0) is 24.6 Å². The van der Waals surface area contributed by atoms with Gasteiger partial charge in [0.2, 0.25) is 0 Å². The van der Waals surface area contributed by atoms with Crippen molar-refractivity contribution in [1.29, 1.82) is 0 Å². The molecule has 94 valence electrons. The van der Waals surface area contributed by atoms with E-state index < -0.39 is 23.3 Å². The first kappa shape index (κ1) is 13.7. The lowest BCUT2D eigenvalue weighted by atomic mass is 10.1. The Morgan fingerprint density at radius 3 is 2.44 bits per heavy atom. The first-order valence-electron chi connectivity index (χ1n) is 5.25. The highest BCUT2D eigenvalue weighted by molar-refractivity contribution is 6.62. The molecule has 0 aliphatic carbocycles. The van der Waals surface area contributed by atoms with Crippen molar-refractivity contribution < 1.29 is 23.5 Å². The summed E-state index contributed by atoms with van der Waals surface area (Å²) in [5.41, 5.74) is 8.46. The second kappa shape index (κ2) is 6.42. The number of rotatable bonds is 5. The van der Waals surface area contributed by atoms with E-state index in [1.807, 2.05) is 0 Å². The molecule has 0 aromatic heterocycles. The van der Waals surface area contributed by atoms with Crippen LogP contribution in [-0.2, 0) is 20.7 Å². The zero-order valence-electron chi connectivity index (χ0n) is 9.72. The van der Waals surface area contributed by atoms with Gasteiger partial charge in [0.15, 0.2) is 0 Å². The van der Waals surface area contributed by atoms with Crippen molar-refractivity contribution in [3.63, 3.8) is 0 Å². The van der Waals surface area contributed by atoms with Crippen molar-refractivity contribution in [2.45, 2.75) is 13.3 Å². The lowest BCUT2D eigenvalue weighted by Gasteiger charge is -1.98. The molecule has 0 amide bonds. The molecule has 0 aliphatic heterocycles. The molecular weight excluding hydrogens is 239 g/mol. The van der Waals surface area contributed by atoms with Crippen molar-refractivity contribution in [3.05, 3.63) is 41.2 Å². The number of carbonyl (C=O) groups is 2. The van der Waals surface area contributed by atoms with Gasteiger partial charge in [0, 0.05) is 6.42 Å². The number of hydrogen-bond donors (Lipinski definition) is 0. The summed E-state index contributed by atoms with van der Waals surface area (Å²) in [6, 6.07) is 5.21. The second-order valence-corrected chi connectivity index (χ2v) is 3.40. The number of hydrogen-bond acceptors (Lipinski definition) is 3. The standard InChI is InChI=1S/C12H11FN2O3/c1-2-18-12(17)11(15-14)10(16)7-8-3-5-9(13)6-4-8/h3-6H,2,7H2,1H3. The monoisotopic (exact) mass is 250 g/mol. The molecule has 0 aliphatic rings. The quantitative estimate of drug-likeness (QED) is 0.259. The van der Waals surface area contributed by atoms with Crippen molar-refractivity contribution >= 4 is 17.5 Å². The maximum absolute atomic E-state index is 12.7. The Morgan fingerprint density at radius 1 is 1.33 bits per heavy atom. The Morgan fingerprint density at radius 2 is 1.94 bits per heavy atom. The summed E-state index contributed by atoms with van der Waals surface area (Å²) in [5.74, 6) is -2.10. The Bertz CT molecular complexity index is 505. The van der Waals surface area contributed by atoms with Crippen LogP contribution in [0.15, 0.2) is 24.3 Å². The van der Waals surface area contributed by atoms with Crippen LogP contribution < -0.4 is 0 Å². The van der Waals surface area contributed by atoms with Gasteiger partial charge in [0.25, 0.3) is 5.78 Å². The average Bonchev–Trinajstić information content (AvgIpc) is 2.33. The van der Waals surface area contributed by atoms with Gasteiger partial charge in [0.05, 0.1) is 6.61 Å². The molecule has 1 aromatic rings. The van der Waals surface area contributed by atoms with E-state index in [9.17, 15) is 14.0 Å². The van der Waals surface area contributed by atoms with E-state index in [1.165, 1.54) is 24.3 Å². The summed E-state index contributed by atoms with van der Waals surface area (Å²) < 4.78 is 17.2. The zero-order chi connectivity index (χ0) is 13.5. The van der Waals surface area contributed by atoms with Crippen LogP contribution in [0.2, 0.25) is 0 Å². The van der Waals surface area contributed by atoms with Crippen LogP contribution in [0.25, 0.3) is 5.53 Å². The number of nitrogens with zero attached hydrogens (tertiary/aromatic N) is 2. The first-order valence-corrected chi connectivity index (χ1v) is 5.25. The number of esters is 1. The molecule has 0 fully saturated rings. The number of carbonyl (C=O) groups excluding carboxylic acids is 2. The molecule has 0 unspecified atom stereocenters. The molecule has 0 N–H and O–H groups in total. The van der Waals surface area contributed by atoms with Crippen molar-refractivity contribution in [2.24, 2.45) is 0 Å². The van der Waals surface area contributed by atoms with Gasteiger partial charge in [-0.15, -0.1) is 0 Å². The zero-order valence-corrected chi connectivity index (χ0v) is 9.72. The highest BCUT2D eigenvalue weighted by atomic mass is 19.1. The maximum atomic E-state index is 12.7. The van der Waals surface area contributed by atoms with Crippen molar-refractivity contribution in [1.82, 2.24) is 0 Å². The minimum atomic E-state index is -0.980. The maximum Gasteiger partial charge on any atom is 0.441 e. The van der Waals surface area contributed by atoms with E-state index in [0.29, 0.717) is 5.56 Å². The normalized spacial score (nSPS) is 9.44. The van der Waals surface area contributed by atoms with Crippen LogP contribution in [0, 0.1) is 5.82 Å². The summed E-state index contributed by atoms with van der Waals surface area (Å²) in [5, 5.41) is 0. The van der Waals surface area contributed by atoms with Gasteiger partial charge in [0.1, 0.15) is 5.82 Å². The van der Waals surface area contributed by atoms with Crippen LogP contribution in [0.5, 0.6) is 0 Å². The highest BCUT2D eigenvalue weighted by Gasteiger charge is 2.30. The predicted molar refractivity (Wildman–Crippen MR) is 60.4 cm³/mol. The lowest BCUT2D eigenvalue weighted by molar-refractivity contribution is -0.141. The minimum Gasteiger partial charge on any atom is -0.457 e. The third-order valence-corrected chi connectivity index (χ3v) is 2.11. The molecule has 0 radical (unpaired) electrons. The van der Waals surface area contributed by atoms with Gasteiger partial charge in [-0.2, -0.15) is 4.79 Å². The Hall–Kier alpha value is -2.33. The van der Waals surface area contributed by atoms with E-state index in [4.69, 9.17) is 5.53 Å². The average molecular weight is 250 g/mol. The molecule has 0 bridgehead atoms. The Kier molecular flexibility index (Phi) is 4.90. The van der Waals surface area contributed by atoms with Gasteiger partial charge in [-0.1, -0.05) is 12.1 Å². The van der Waals surface area contributed by atoms with Crippen LogP contribution in [0.1, 0.15) is 12.5 Å². The van der Waals surface area contributed by atoms with Gasteiger partial charge >= 0.3 is 11.7 Å². The fraction of sp³-hybridized carbons (Fsp3) is 0.250. The third-order valence-electron chi connectivity index (χ3n) is 2.11. The summed E-state index contributed by atoms with van der Waals surface area (Å²) in [7, 11) is 0. The van der Waals surface area contributed by atoms with Gasteiger partial charge in [-0.25, -0.2) is 9.18 Å². The minimum absolute atomic E-state index is 0.0711. The predicted octanol–water partition coefficient (Wildman–Crippen LogP) is 1.17. The fourth-order valence-corrected chi connectivity index (χ4v) is 1.28. The molecule has 6 heteroatoms. The van der Waals surface area contributed by atoms with Gasteiger partial charge < -0.3 is 10.3 Å². The van der Waals surface area contributed by atoms with Crippen molar-refractivity contribution in [2.75, 3.05) is 6.61 Å². The number of benzene rings is 1. The number of Topliss-reactive ketones (excluding diaryl/α,β-unsaturated/α-hetero) is 1. The molecule has 1 rings (SSSR count). The molecule has 0 saturated heterocycles. The Balaban J connectivity index is 2.78. The summed E-state index contributed by atoms with van der Waals surface area (Å²) in [6.07, 6.45) is -0.168. The van der Waals surface area contributed by atoms with Crippen LogP contribution in [0.4, 0.5) is 4.39 Å². The molecule has 1 aromatic carbocycles. The van der Waals surface area contributed by atoms with Crippen LogP contribution >= 0.6 is 0 Å². The largest absolute Gasteiger partial charge is 0.457 e.